The number of nitrogens with one attached hydrogen (secondary N) is 2. The van der Waals surface area contributed by atoms with Gasteiger partial charge in [0.2, 0.25) is 18.0 Å². The van der Waals surface area contributed by atoms with Gasteiger partial charge in [0, 0.05) is 17.0 Å². The number of carbonyl (C=O) groups excluding carboxylic acids is 4. The zero-order chi connectivity index (χ0) is 27.1. The molecule has 2 aromatic rings. The van der Waals surface area contributed by atoms with E-state index < -0.39 is 43.0 Å². The topological polar surface area (TPSA) is 145 Å². The molecule has 1 heterocycles. The van der Waals surface area contributed by atoms with Crippen LogP contribution in [0.25, 0.3) is 0 Å². The number of carboxylic acid groups (broad SMARTS) is 1. The summed E-state index contributed by atoms with van der Waals surface area (Å²) in [5.41, 5.74) is 2.22. The molecular weight excluding hydrogens is 488 g/mol. The number of aldehydes is 1. The number of nitrogens with zero attached hydrogens (tertiary/aromatic N) is 2. The summed E-state index contributed by atoms with van der Waals surface area (Å²) in [6, 6.07) is 15.0. The number of anilines is 1. The minimum absolute atomic E-state index is 0.210. The van der Waals surface area contributed by atoms with E-state index in [-0.39, 0.29) is 11.8 Å². The Morgan fingerprint density at radius 2 is 1.71 bits per heavy atom. The average molecular weight is 519 g/mol. The summed E-state index contributed by atoms with van der Waals surface area (Å²) in [4.78, 5) is 68.1. The van der Waals surface area contributed by atoms with Crippen molar-refractivity contribution in [1.82, 2.24) is 10.6 Å². The Hall–Kier alpha value is -4.34. The molecule has 0 radical (unpaired) electrons. The molecule has 10 nitrogen and oxygen atoms in total. The number of benzodiazepines with no additional fused rings is 1. The van der Waals surface area contributed by atoms with Crippen molar-refractivity contribution in [2.45, 2.75) is 50.7 Å². The van der Waals surface area contributed by atoms with Crippen molar-refractivity contribution < 1.29 is 29.1 Å². The molecule has 2 aromatic carbocycles. The van der Waals surface area contributed by atoms with E-state index in [1.807, 2.05) is 30.3 Å². The first-order chi connectivity index (χ1) is 18.4. The highest BCUT2D eigenvalue weighted by atomic mass is 16.4. The predicted molar refractivity (Wildman–Crippen MR) is 140 cm³/mol. The smallest absolute Gasteiger partial charge is 0.305 e. The van der Waals surface area contributed by atoms with Crippen molar-refractivity contribution >= 4 is 41.4 Å². The van der Waals surface area contributed by atoms with Crippen LogP contribution < -0.4 is 15.5 Å². The predicted octanol–water partition coefficient (Wildman–Crippen LogP) is 2.05. The van der Waals surface area contributed by atoms with E-state index in [0.717, 1.165) is 37.7 Å². The maximum absolute atomic E-state index is 13.8. The van der Waals surface area contributed by atoms with E-state index in [0.29, 0.717) is 23.2 Å². The first-order valence-corrected chi connectivity index (χ1v) is 12.7. The van der Waals surface area contributed by atoms with Gasteiger partial charge in [-0.05, 0) is 18.9 Å². The number of rotatable bonds is 9. The van der Waals surface area contributed by atoms with Crippen LogP contribution in [-0.2, 0) is 24.0 Å². The van der Waals surface area contributed by atoms with Crippen LogP contribution in [0, 0.1) is 5.92 Å². The molecule has 0 bridgehead atoms. The first kappa shape index (κ1) is 26.7. The van der Waals surface area contributed by atoms with Crippen molar-refractivity contribution in [2.75, 3.05) is 11.4 Å². The Morgan fingerprint density at radius 1 is 1.03 bits per heavy atom. The van der Waals surface area contributed by atoms with Crippen LogP contribution in [0.5, 0.6) is 0 Å². The average Bonchev–Trinajstić information content (AvgIpc) is 3.04. The lowest BCUT2D eigenvalue weighted by Gasteiger charge is -2.27. The Labute approximate surface area is 220 Å². The zero-order valence-corrected chi connectivity index (χ0v) is 20.8. The number of hydrogen-bond acceptors (Lipinski definition) is 6. The molecule has 3 N–H and O–H groups in total. The van der Waals surface area contributed by atoms with Crippen LogP contribution in [0.1, 0.15) is 49.7 Å². The van der Waals surface area contributed by atoms with Crippen LogP contribution >= 0.6 is 0 Å². The minimum Gasteiger partial charge on any atom is -0.481 e. The Morgan fingerprint density at radius 3 is 2.39 bits per heavy atom. The Balaban J connectivity index is 1.69. The van der Waals surface area contributed by atoms with E-state index in [1.54, 1.807) is 24.3 Å². The third-order valence-electron chi connectivity index (χ3n) is 6.72. The highest BCUT2D eigenvalue weighted by molar-refractivity contribution is 6.21. The van der Waals surface area contributed by atoms with Gasteiger partial charge in [-0.15, -0.1) is 0 Å². The van der Waals surface area contributed by atoms with Crippen LogP contribution in [-0.4, -0.2) is 59.5 Å². The molecule has 0 spiro atoms. The normalized spacial score (nSPS) is 18.4. The van der Waals surface area contributed by atoms with Crippen molar-refractivity contribution in [1.29, 1.82) is 0 Å². The summed E-state index contributed by atoms with van der Waals surface area (Å²) in [5.74, 6) is -3.03. The van der Waals surface area contributed by atoms with Crippen molar-refractivity contribution in [2.24, 2.45) is 10.9 Å². The quantitative estimate of drug-likeness (QED) is 0.433. The Bertz CT molecular complexity index is 1240. The van der Waals surface area contributed by atoms with Gasteiger partial charge in [0.1, 0.15) is 12.8 Å². The van der Waals surface area contributed by atoms with E-state index in [4.69, 9.17) is 10.1 Å². The lowest BCUT2D eigenvalue weighted by atomic mass is 9.88. The van der Waals surface area contributed by atoms with Crippen LogP contribution in [0.2, 0.25) is 0 Å². The van der Waals surface area contributed by atoms with Gasteiger partial charge in [-0.25, -0.2) is 4.99 Å². The lowest BCUT2D eigenvalue weighted by molar-refractivity contribution is -0.138. The van der Waals surface area contributed by atoms with Crippen LogP contribution in [0.4, 0.5) is 5.69 Å². The summed E-state index contributed by atoms with van der Waals surface area (Å²) in [6.07, 6.45) is 2.93. The van der Waals surface area contributed by atoms with Gasteiger partial charge >= 0.3 is 5.97 Å². The fourth-order valence-electron chi connectivity index (χ4n) is 4.85. The number of carbonyl (C=O) groups is 5. The second-order valence-electron chi connectivity index (χ2n) is 9.44. The van der Waals surface area contributed by atoms with E-state index in [9.17, 15) is 24.0 Å². The number of carboxylic acids is 1. The molecule has 2 unspecified atom stereocenters. The second kappa shape index (κ2) is 12.3. The number of aliphatic imine (C=N–C) groups is 1. The molecule has 1 aliphatic carbocycles. The van der Waals surface area contributed by atoms with Gasteiger partial charge in [0.15, 0.2) is 0 Å². The number of benzene rings is 2. The molecule has 10 heteroatoms. The number of aliphatic carboxylic acids is 1. The van der Waals surface area contributed by atoms with Gasteiger partial charge in [-0.3, -0.25) is 24.1 Å². The molecule has 1 aliphatic heterocycles. The summed E-state index contributed by atoms with van der Waals surface area (Å²) in [5, 5.41) is 14.2. The van der Waals surface area contributed by atoms with Gasteiger partial charge in [-0.1, -0.05) is 67.8 Å². The maximum atomic E-state index is 13.8. The largest absolute Gasteiger partial charge is 0.481 e. The van der Waals surface area contributed by atoms with Gasteiger partial charge in [0.25, 0.3) is 5.91 Å². The summed E-state index contributed by atoms with van der Waals surface area (Å²) in [7, 11) is 0. The number of hydrogen-bond donors (Lipinski definition) is 3. The summed E-state index contributed by atoms with van der Waals surface area (Å²) in [6.45, 7) is -0.493. The van der Waals surface area contributed by atoms with Gasteiger partial charge < -0.3 is 20.5 Å². The van der Waals surface area contributed by atoms with Gasteiger partial charge in [-0.2, -0.15) is 0 Å². The highest BCUT2D eigenvalue weighted by Gasteiger charge is 2.35. The molecule has 38 heavy (non-hydrogen) atoms. The van der Waals surface area contributed by atoms with Crippen LogP contribution in [0.3, 0.4) is 0 Å². The second-order valence-corrected chi connectivity index (χ2v) is 9.44. The van der Waals surface area contributed by atoms with Gasteiger partial charge in [0.05, 0.1) is 23.9 Å². The summed E-state index contributed by atoms with van der Waals surface area (Å²) < 4.78 is 0. The van der Waals surface area contributed by atoms with Crippen LogP contribution in [0.15, 0.2) is 59.6 Å². The minimum atomic E-state index is -1.28. The fraction of sp³-hybridized carbons (Fsp3) is 0.357. The summed E-state index contributed by atoms with van der Waals surface area (Å²) >= 11 is 0. The first-order valence-electron chi connectivity index (χ1n) is 12.7. The molecule has 2 atom stereocenters. The molecular formula is C28H30N4O6. The van der Waals surface area contributed by atoms with Crippen molar-refractivity contribution in [3.63, 3.8) is 0 Å². The molecule has 1 saturated carbocycles. The highest BCUT2D eigenvalue weighted by Crippen LogP contribution is 2.29. The molecule has 3 amide bonds. The van der Waals surface area contributed by atoms with E-state index in [2.05, 4.69) is 10.6 Å². The molecule has 198 valence electrons. The Kier molecular flexibility index (Phi) is 8.62. The fourth-order valence-corrected chi connectivity index (χ4v) is 4.85. The zero-order valence-electron chi connectivity index (χ0n) is 20.8. The SMILES string of the molecule is O=CC(CC(=O)O)NC(=O)CN1C(=O)C(NC(=O)C2CCCCC2)N=C(c2ccccc2)c2ccccc21. The standard InChI is InChI=1S/C28H30N4O6/c33-17-20(15-24(35)36)29-23(34)16-32-22-14-8-7-13-21(22)25(18-9-3-1-4-10-18)30-26(28(32)38)31-27(37)19-11-5-2-6-12-19/h1,3-4,7-10,13-14,17,19-20,26H,2,5-6,11-12,15-16H2,(H,29,34)(H,31,37)(H,35,36). The molecule has 2 aliphatic rings. The third kappa shape index (κ3) is 6.31. The third-order valence-corrected chi connectivity index (χ3v) is 6.72. The van der Waals surface area contributed by atoms with E-state index in [1.165, 1.54) is 4.90 Å². The number of amides is 3. The van der Waals surface area contributed by atoms with E-state index >= 15 is 0 Å². The molecule has 0 saturated heterocycles. The number of fused-ring (bicyclic) bond motifs is 1. The van der Waals surface area contributed by atoms with Crippen molar-refractivity contribution in [3.05, 3.63) is 65.7 Å². The number of para-hydroxylation sites is 1. The maximum Gasteiger partial charge on any atom is 0.305 e. The molecule has 1 fully saturated rings. The molecule has 0 aromatic heterocycles. The van der Waals surface area contributed by atoms with Crippen molar-refractivity contribution in [3.8, 4) is 0 Å². The molecule has 4 rings (SSSR count). The lowest BCUT2D eigenvalue weighted by Crippen LogP contribution is -2.52. The monoisotopic (exact) mass is 518 g/mol.